The third-order valence-corrected chi connectivity index (χ3v) is 2.67. The number of benzene rings is 1. The van der Waals surface area contributed by atoms with Crippen molar-refractivity contribution in [2.45, 2.75) is 25.9 Å². The van der Waals surface area contributed by atoms with Gasteiger partial charge in [0, 0.05) is 25.7 Å². The van der Waals surface area contributed by atoms with Crippen molar-refractivity contribution in [3.8, 4) is 0 Å². The van der Waals surface area contributed by atoms with Gasteiger partial charge in [0.25, 0.3) is 5.69 Å². The highest BCUT2D eigenvalue weighted by molar-refractivity contribution is 5.81. The van der Waals surface area contributed by atoms with Crippen LogP contribution >= 0.6 is 0 Å². The van der Waals surface area contributed by atoms with Gasteiger partial charge in [0.2, 0.25) is 5.91 Å². The second-order valence-electron chi connectivity index (χ2n) is 4.14. The Hall–Kier alpha value is -1.95. The first-order chi connectivity index (χ1) is 8.45. The van der Waals surface area contributed by atoms with Gasteiger partial charge in [-0.1, -0.05) is 19.1 Å². The van der Waals surface area contributed by atoms with Crippen molar-refractivity contribution in [1.82, 2.24) is 4.90 Å². The Bertz CT molecular complexity index is 448. The van der Waals surface area contributed by atoms with E-state index >= 15 is 0 Å². The number of carbonyl (C=O) groups excluding carboxylic acids is 1. The molecule has 1 aromatic rings. The maximum absolute atomic E-state index is 11.8. The second kappa shape index (κ2) is 6.11. The summed E-state index contributed by atoms with van der Waals surface area (Å²) in [6.07, 6.45) is 0.568. The van der Waals surface area contributed by atoms with Gasteiger partial charge < -0.3 is 10.6 Å². The Morgan fingerprint density at radius 1 is 1.56 bits per heavy atom. The summed E-state index contributed by atoms with van der Waals surface area (Å²) >= 11 is 0. The maximum Gasteiger partial charge on any atom is 0.269 e. The van der Waals surface area contributed by atoms with E-state index in [0.717, 1.165) is 0 Å². The topological polar surface area (TPSA) is 89.5 Å². The number of amides is 1. The van der Waals surface area contributed by atoms with E-state index in [1.54, 1.807) is 19.2 Å². The fraction of sp³-hybridized carbons (Fsp3) is 0.417. The summed E-state index contributed by atoms with van der Waals surface area (Å²) in [5.74, 6) is -0.163. The number of nitrogens with two attached hydrogens (primary N) is 1. The highest BCUT2D eigenvalue weighted by Gasteiger charge is 2.16. The fourth-order valence-electron chi connectivity index (χ4n) is 1.58. The molecular weight excluding hydrogens is 234 g/mol. The number of non-ortho nitro benzene ring substituents is 1. The van der Waals surface area contributed by atoms with E-state index in [0.29, 0.717) is 18.5 Å². The van der Waals surface area contributed by atoms with Gasteiger partial charge in [0.05, 0.1) is 11.0 Å². The number of nitrogens with zero attached hydrogens (tertiary/aromatic N) is 2. The molecule has 1 aromatic carbocycles. The molecular formula is C12H17N3O3. The lowest BCUT2D eigenvalue weighted by molar-refractivity contribution is -0.384. The maximum atomic E-state index is 11.8. The van der Waals surface area contributed by atoms with Crippen LogP contribution in [-0.4, -0.2) is 28.8 Å². The molecule has 6 nitrogen and oxygen atoms in total. The zero-order valence-corrected chi connectivity index (χ0v) is 10.5. The number of rotatable bonds is 5. The van der Waals surface area contributed by atoms with Crippen LogP contribution in [0.25, 0.3) is 0 Å². The van der Waals surface area contributed by atoms with E-state index in [4.69, 9.17) is 5.73 Å². The van der Waals surface area contributed by atoms with Crippen molar-refractivity contribution in [3.63, 3.8) is 0 Å². The SMILES string of the molecule is CC[C@@H](N)C(=O)N(C)Cc1cccc([N+](=O)[O-])c1. The van der Waals surface area contributed by atoms with Crippen LogP contribution in [-0.2, 0) is 11.3 Å². The summed E-state index contributed by atoms with van der Waals surface area (Å²) in [7, 11) is 1.64. The molecule has 6 heteroatoms. The van der Waals surface area contributed by atoms with Crippen LogP contribution in [0.5, 0.6) is 0 Å². The van der Waals surface area contributed by atoms with Gasteiger partial charge in [-0.3, -0.25) is 14.9 Å². The number of nitro benzene ring substituents is 1. The van der Waals surface area contributed by atoms with Gasteiger partial charge in [0.1, 0.15) is 0 Å². The molecule has 0 bridgehead atoms. The van der Waals surface area contributed by atoms with E-state index in [2.05, 4.69) is 0 Å². The van der Waals surface area contributed by atoms with Crippen LogP contribution in [0, 0.1) is 10.1 Å². The molecule has 0 aliphatic carbocycles. The normalized spacial score (nSPS) is 11.9. The number of nitro groups is 1. The number of carbonyl (C=O) groups is 1. The van der Waals surface area contributed by atoms with Crippen LogP contribution in [0.2, 0.25) is 0 Å². The largest absolute Gasteiger partial charge is 0.340 e. The first-order valence-corrected chi connectivity index (χ1v) is 5.69. The molecule has 0 saturated carbocycles. The highest BCUT2D eigenvalue weighted by atomic mass is 16.6. The molecule has 1 rings (SSSR count). The van der Waals surface area contributed by atoms with E-state index in [9.17, 15) is 14.9 Å². The Morgan fingerprint density at radius 2 is 2.22 bits per heavy atom. The summed E-state index contributed by atoms with van der Waals surface area (Å²) in [5.41, 5.74) is 6.38. The molecule has 1 amide bonds. The molecule has 0 saturated heterocycles. The van der Waals surface area contributed by atoms with Gasteiger partial charge in [-0.2, -0.15) is 0 Å². The molecule has 0 heterocycles. The highest BCUT2D eigenvalue weighted by Crippen LogP contribution is 2.14. The molecule has 18 heavy (non-hydrogen) atoms. The first-order valence-electron chi connectivity index (χ1n) is 5.69. The average molecular weight is 251 g/mol. The van der Waals surface area contributed by atoms with Crippen molar-refractivity contribution in [1.29, 1.82) is 0 Å². The standard InChI is InChI=1S/C12H17N3O3/c1-3-11(13)12(16)14(2)8-9-5-4-6-10(7-9)15(17)18/h4-7,11H,3,8,13H2,1-2H3/t11-/m1/s1. The van der Waals surface area contributed by atoms with E-state index in [1.807, 2.05) is 6.92 Å². The lowest BCUT2D eigenvalue weighted by atomic mass is 10.1. The minimum atomic E-state index is -0.520. The van der Waals surface area contributed by atoms with E-state index in [-0.39, 0.29) is 11.6 Å². The molecule has 0 aliphatic heterocycles. The van der Waals surface area contributed by atoms with Crippen LogP contribution in [0.15, 0.2) is 24.3 Å². The van der Waals surface area contributed by atoms with Crippen molar-refractivity contribution in [2.75, 3.05) is 7.05 Å². The third kappa shape index (κ3) is 3.53. The van der Waals surface area contributed by atoms with Crippen LogP contribution in [0.4, 0.5) is 5.69 Å². The quantitative estimate of drug-likeness (QED) is 0.630. The van der Waals surface area contributed by atoms with Gasteiger partial charge in [-0.25, -0.2) is 0 Å². The van der Waals surface area contributed by atoms with Crippen molar-refractivity contribution < 1.29 is 9.72 Å². The van der Waals surface area contributed by atoms with E-state index in [1.165, 1.54) is 17.0 Å². The number of hydrogen-bond donors (Lipinski definition) is 1. The Kier molecular flexibility index (Phi) is 4.79. The fourth-order valence-corrected chi connectivity index (χ4v) is 1.58. The summed E-state index contributed by atoms with van der Waals surface area (Å²) in [6, 6.07) is 5.71. The monoisotopic (exact) mass is 251 g/mol. The molecule has 98 valence electrons. The van der Waals surface area contributed by atoms with Crippen molar-refractivity contribution in [2.24, 2.45) is 5.73 Å². The number of hydrogen-bond acceptors (Lipinski definition) is 4. The van der Waals surface area contributed by atoms with Crippen LogP contribution in [0.3, 0.4) is 0 Å². The second-order valence-corrected chi connectivity index (χ2v) is 4.14. The van der Waals surface area contributed by atoms with Gasteiger partial charge in [-0.05, 0) is 12.0 Å². The predicted octanol–water partition coefficient (Wildman–Crippen LogP) is 1.29. The first kappa shape index (κ1) is 14.1. The van der Waals surface area contributed by atoms with Gasteiger partial charge in [-0.15, -0.1) is 0 Å². The van der Waals surface area contributed by atoms with Crippen LogP contribution in [0.1, 0.15) is 18.9 Å². The molecule has 0 fully saturated rings. The average Bonchev–Trinajstić information content (AvgIpc) is 2.37. The van der Waals surface area contributed by atoms with Gasteiger partial charge >= 0.3 is 0 Å². The lowest BCUT2D eigenvalue weighted by Gasteiger charge is -2.20. The summed E-state index contributed by atoms with van der Waals surface area (Å²) in [5, 5.41) is 10.6. The minimum Gasteiger partial charge on any atom is -0.340 e. The van der Waals surface area contributed by atoms with E-state index < -0.39 is 11.0 Å². The molecule has 1 atom stereocenters. The van der Waals surface area contributed by atoms with Gasteiger partial charge in [0.15, 0.2) is 0 Å². The zero-order chi connectivity index (χ0) is 13.7. The number of likely N-dealkylation sites (N-methyl/N-ethyl adjacent to an activating group) is 1. The molecule has 0 unspecified atom stereocenters. The van der Waals surface area contributed by atoms with Crippen molar-refractivity contribution in [3.05, 3.63) is 39.9 Å². The smallest absolute Gasteiger partial charge is 0.269 e. The Balaban J connectivity index is 2.75. The molecule has 0 aromatic heterocycles. The Labute approximate surface area is 106 Å². The summed E-state index contributed by atoms with van der Waals surface area (Å²) in [4.78, 5) is 23.4. The Morgan fingerprint density at radius 3 is 2.78 bits per heavy atom. The zero-order valence-electron chi connectivity index (χ0n) is 10.5. The molecule has 0 radical (unpaired) electrons. The van der Waals surface area contributed by atoms with Crippen LogP contribution < -0.4 is 5.73 Å². The molecule has 0 aliphatic rings. The third-order valence-electron chi connectivity index (χ3n) is 2.67. The molecule has 0 spiro atoms. The molecule has 2 N–H and O–H groups in total. The lowest BCUT2D eigenvalue weighted by Crippen LogP contribution is -2.40. The minimum absolute atomic E-state index is 0.0214. The van der Waals surface area contributed by atoms with Crippen molar-refractivity contribution >= 4 is 11.6 Å². The summed E-state index contributed by atoms with van der Waals surface area (Å²) in [6.45, 7) is 2.15. The summed E-state index contributed by atoms with van der Waals surface area (Å²) < 4.78 is 0. The predicted molar refractivity (Wildman–Crippen MR) is 67.8 cm³/mol.